The molecule has 12 heteroatoms. The summed E-state index contributed by atoms with van der Waals surface area (Å²) in [5, 5.41) is 0. The first kappa shape index (κ1) is 30.8. The first-order chi connectivity index (χ1) is 14.9. The molecule has 0 aromatic carbocycles. The van der Waals surface area contributed by atoms with E-state index < -0.39 is 13.4 Å². The van der Waals surface area contributed by atoms with Crippen molar-refractivity contribution in [2.75, 3.05) is 93.0 Å². The van der Waals surface area contributed by atoms with Crippen LogP contribution in [0.5, 0.6) is 0 Å². The van der Waals surface area contributed by atoms with Gasteiger partial charge in [0.05, 0.1) is 65.1 Å². The van der Waals surface area contributed by atoms with Crippen LogP contribution < -0.4 is 0 Å². The molecule has 0 aliphatic heterocycles. The smallest absolute Gasteiger partial charge is 0.382 e. The van der Waals surface area contributed by atoms with Crippen molar-refractivity contribution in [2.45, 2.75) is 32.3 Å². The van der Waals surface area contributed by atoms with E-state index in [0.717, 1.165) is 0 Å². The molecule has 0 saturated carbocycles. The van der Waals surface area contributed by atoms with E-state index in [-0.39, 0.29) is 13.2 Å². The summed E-state index contributed by atoms with van der Waals surface area (Å²) in [7, 11) is -3.09. The molecule has 0 aromatic heterocycles. The first-order valence-corrected chi connectivity index (χ1v) is 12.1. The maximum absolute atomic E-state index is 11.3. The Kier molecular flexibility index (Phi) is 20.3. The van der Waals surface area contributed by atoms with Crippen molar-refractivity contribution in [2.24, 2.45) is 0 Å². The lowest BCUT2D eigenvalue weighted by atomic mass is 9.97. The Hall–Kier alpha value is -0.170. The zero-order valence-corrected chi connectivity index (χ0v) is 20.0. The zero-order valence-electron chi connectivity index (χ0n) is 19.1. The molecule has 0 aromatic rings. The second-order valence-corrected chi connectivity index (χ2v) is 7.76. The molecule has 0 spiro atoms. The molecule has 0 rings (SSSR count). The van der Waals surface area contributed by atoms with Crippen molar-refractivity contribution in [3.63, 3.8) is 0 Å². The van der Waals surface area contributed by atoms with E-state index in [1.165, 1.54) is 0 Å². The molecule has 0 atom stereocenters. The minimum atomic E-state index is -4.67. The van der Waals surface area contributed by atoms with Gasteiger partial charge in [0.1, 0.15) is 0 Å². The predicted molar refractivity (Wildman–Crippen MR) is 113 cm³/mol. The maximum Gasteiger partial charge on any atom is 0.469 e. The van der Waals surface area contributed by atoms with Gasteiger partial charge in [-0.2, -0.15) is 0 Å². The van der Waals surface area contributed by atoms with Crippen LogP contribution in [0.15, 0.2) is 0 Å². The number of rotatable bonds is 24. The summed E-state index contributed by atoms with van der Waals surface area (Å²) in [6.07, 6.45) is 0.706. The quantitative estimate of drug-likeness (QED) is 0.155. The summed E-state index contributed by atoms with van der Waals surface area (Å²) in [6.45, 7) is 8.49. The molecule has 0 heterocycles. The van der Waals surface area contributed by atoms with E-state index in [9.17, 15) is 14.4 Å². The standard InChI is InChI=1S/C19H41O11P/c1-4-24-12-14-26-8-6-19(18-30-31(20,21)22,7-9-27-15-13-25-5-2)29-17-16-28-11-10-23-3/h4-18H2,1-3H3,(H2,20,21,22). The van der Waals surface area contributed by atoms with Gasteiger partial charge in [0.15, 0.2) is 0 Å². The third kappa shape index (κ3) is 20.2. The third-order valence-corrected chi connectivity index (χ3v) is 4.59. The van der Waals surface area contributed by atoms with E-state index in [4.69, 9.17) is 37.7 Å². The summed E-state index contributed by atoms with van der Waals surface area (Å²) in [5.41, 5.74) is -1.01. The Balaban J connectivity index is 4.82. The second-order valence-electron chi connectivity index (χ2n) is 6.52. The van der Waals surface area contributed by atoms with E-state index in [2.05, 4.69) is 0 Å². The minimum Gasteiger partial charge on any atom is -0.382 e. The lowest BCUT2D eigenvalue weighted by Gasteiger charge is -2.34. The van der Waals surface area contributed by atoms with Gasteiger partial charge in [-0.1, -0.05) is 0 Å². The maximum atomic E-state index is 11.3. The lowest BCUT2D eigenvalue weighted by Crippen LogP contribution is -2.41. The van der Waals surface area contributed by atoms with Gasteiger partial charge in [0, 0.05) is 46.4 Å². The summed E-state index contributed by atoms with van der Waals surface area (Å²) in [6, 6.07) is 0. The SMILES string of the molecule is CCOCCOCCC(CCOCCOCC)(COP(=O)(O)O)OCCOCCOC. The zero-order chi connectivity index (χ0) is 23.3. The Morgan fingerprint density at radius 3 is 1.61 bits per heavy atom. The fourth-order valence-electron chi connectivity index (χ4n) is 2.46. The molecule has 11 nitrogen and oxygen atoms in total. The van der Waals surface area contributed by atoms with Crippen LogP contribution in [0.2, 0.25) is 0 Å². The molecule has 0 bridgehead atoms. The minimum absolute atomic E-state index is 0.214. The number of methoxy groups -OCH3 is 1. The van der Waals surface area contributed by atoms with Crippen molar-refractivity contribution in [3.8, 4) is 0 Å². The van der Waals surface area contributed by atoms with Gasteiger partial charge in [0.25, 0.3) is 0 Å². The average Bonchev–Trinajstić information content (AvgIpc) is 2.73. The summed E-state index contributed by atoms with van der Waals surface area (Å²) < 4.78 is 54.1. The molecule has 0 saturated heterocycles. The normalized spacial score (nSPS) is 12.5. The molecule has 188 valence electrons. The molecule has 0 aliphatic carbocycles. The number of hydrogen-bond donors (Lipinski definition) is 2. The van der Waals surface area contributed by atoms with Crippen LogP contribution in [0, 0.1) is 0 Å². The predicted octanol–water partition coefficient (Wildman–Crippen LogP) is 1.40. The van der Waals surface area contributed by atoms with Gasteiger partial charge in [-0.25, -0.2) is 4.57 Å². The third-order valence-electron chi connectivity index (χ3n) is 4.12. The Morgan fingerprint density at radius 2 is 1.13 bits per heavy atom. The van der Waals surface area contributed by atoms with Crippen LogP contribution in [0.1, 0.15) is 26.7 Å². The van der Waals surface area contributed by atoms with Crippen molar-refractivity contribution < 1.29 is 52.0 Å². The van der Waals surface area contributed by atoms with Gasteiger partial charge in [-0.15, -0.1) is 0 Å². The van der Waals surface area contributed by atoms with Gasteiger partial charge >= 0.3 is 7.82 Å². The number of hydrogen-bond acceptors (Lipinski definition) is 9. The molecule has 0 amide bonds. The van der Waals surface area contributed by atoms with Crippen molar-refractivity contribution >= 4 is 7.82 Å². The Bertz CT molecular complexity index is 392. The van der Waals surface area contributed by atoms with E-state index >= 15 is 0 Å². The van der Waals surface area contributed by atoms with E-state index in [1.54, 1.807) is 7.11 Å². The van der Waals surface area contributed by atoms with Gasteiger partial charge in [0.2, 0.25) is 0 Å². The highest BCUT2D eigenvalue weighted by Crippen LogP contribution is 2.38. The molecular formula is C19H41O11P. The molecule has 0 radical (unpaired) electrons. The fraction of sp³-hybridized carbons (Fsp3) is 1.00. The molecule has 31 heavy (non-hydrogen) atoms. The highest BCUT2D eigenvalue weighted by molar-refractivity contribution is 7.46. The fourth-order valence-corrected chi connectivity index (χ4v) is 2.87. The van der Waals surface area contributed by atoms with Gasteiger partial charge in [-0.3, -0.25) is 4.52 Å². The van der Waals surface area contributed by atoms with Crippen LogP contribution in [-0.4, -0.2) is 108 Å². The average molecular weight is 477 g/mol. The number of phosphoric ester groups is 1. The van der Waals surface area contributed by atoms with Crippen LogP contribution in [0.25, 0.3) is 0 Å². The van der Waals surface area contributed by atoms with Crippen molar-refractivity contribution in [3.05, 3.63) is 0 Å². The second kappa shape index (κ2) is 20.4. The first-order valence-electron chi connectivity index (χ1n) is 10.6. The highest BCUT2D eigenvalue weighted by Gasteiger charge is 2.34. The van der Waals surface area contributed by atoms with E-state index in [0.29, 0.717) is 85.5 Å². The van der Waals surface area contributed by atoms with Crippen molar-refractivity contribution in [1.29, 1.82) is 0 Å². The lowest BCUT2D eigenvalue weighted by molar-refractivity contribution is -0.123. The molecular weight excluding hydrogens is 435 g/mol. The summed E-state index contributed by atoms with van der Waals surface area (Å²) in [5.74, 6) is 0. The summed E-state index contributed by atoms with van der Waals surface area (Å²) >= 11 is 0. The van der Waals surface area contributed by atoms with Crippen molar-refractivity contribution in [1.82, 2.24) is 0 Å². The highest BCUT2D eigenvalue weighted by atomic mass is 31.2. The largest absolute Gasteiger partial charge is 0.469 e. The molecule has 0 aliphatic rings. The summed E-state index contributed by atoms with van der Waals surface area (Å²) in [4.78, 5) is 18.4. The monoisotopic (exact) mass is 476 g/mol. The topological polar surface area (TPSA) is 131 Å². The van der Waals surface area contributed by atoms with Crippen LogP contribution in [0.3, 0.4) is 0 Å². The molecule has 0 fully saturated rings. The van der Waals surface area contributed by atoms with Gasteiger partial charge in [-0.05, 0) is 13.8 Å². The van der Waals surface area contributed by atoms with Crippen LogP contribution in [-0.2, 0) is 42.2 Å². The number of ether oxygens (including phenoxy) is 7. The molecule has 0 unspecified atom stereocenters. The van der Waals surface area contributed by atoms with E-state index in [1.807, 2.05) is 13.8 Å². The van der Waals surface area contributed by atoms with Crippen LogP contribution >= 0.6 is 7.82 Å². The Labute approximate surface area is 185 Å². The van der Waals surface area contributed by atoms with Crippen LogP contribution in [0.4, 0.5) is 0 Å². The Morgan fingerprint density at radius 1 is 0.677 bits per heavy atom. The number of phosphoric acid groups is 1. The van der Waals surface area contributed by atoms with Gasteiger partial charge < -0.3 is 42.9 Å². The molecule has 2 N–H and O–H groups in total.